The van der Waals surface area contributed by atoms with Gasteiger partial charge in [0.1, 0.15) is 6.10 Å². The molecule has 0 heterocycles. The Morgan fingerprint density at radius 3 is 2.35 bits per heavy atom. The number of hydrogen-bond donors (Lipinski definition) is 0. The molecule has 1 aromatic rings. The summed E-state index contributed by atoms with van der Waals surface area (Å²) in [6.45, 7) is 3.60. The van der Waals surface area contributed by atoms with Gasteiger partial charge < -0.3 is 9.47 Å². The van der Waals surface area contributed by atoms with E-state index in [9.17, 15) is 9.59 Å². The molecule has 92 valence electrons. The Morgan fingerprint density at radius 1 is 1.24 bits per heavy atom. The number of carbonyl (C=O) groups is 2. The van der Waals surface area contributed by atoms with Gasteiger partial charge in [-0.1, -0.05) is 17.7 Å². The van der Waals surface area contributed by atoms with Gasteiger partial charge in [-0.2, -0.15) is 0 Å². The third-order valence-corrected chi connectivity index (χ3v) is 2.28. The maximum atomic E-state index is 11.7. The van der Waals surface area contributed by atoms with Gasteiger partial charge in [0, 0.05) is 0 Å². The smallest absolute Gasteiger partial charge is 0.338 e. The topological polar surface area (TPSA) is 52.6 Å². The molecule has 4 heteroatoms. The number of methoxy groups -OCH3 is 1. The molecule has 0 unspecified atom stereocenters. The number of carbonyl (C=O) groups excluding carboxylic acids is 2. The average molecular weight is 236 g/mol. The van der Waals surface area contributed by atoms with Crippen LogP contribution in [0.3, 0.4) is 0 Å². The van der Waals surface area contributed by atoms with Crippen LogP contribution in [0.5, 0.6) is 0 Å². The molecule has 0 bridgehead atoms. The fourth-order valence-corrected chi connectivity index (χ4v) is 1.30. The molecule has 0 fully saturated rings. The SMILES string of the molecule is COC(=O)C[C@@H](C)OC(=O)c1ccc(C)cc1. The zero-order chi connectivity index (χ0) is 12.8. The first-order valence-corrected chi connectivity index (χ1v) is 5.37. The molecule has 17 heavy (non-hydrogen) atoms. The van der Waals surface area contributed by atoms with Gasteiger partial charge in [-0.05, 0) is 26.0 Å². The van der Waals surface area contributed by atoms with E-state index in [4.69, 9.17) is 4.74 Å². The molecule has 1 aromatic carbocycles. The Kier molecular flexibility index (Phi) is 4.69. The van der Waals surface area contributed by atoms with Crippen molar-refractivity contribution in [3.8, 4) is 0 Å². The highest BCUT2D eigenvalue weighted by Gasteiger charge is 2.15. The van der Waals surface area contributed by atoms with E-state index >= 15 is 0 Å². The highest BCUT2D eigenvalue weighted by Crippen LogP contribution is 2.08. The van der Waals surface area contributed by atoms with E-state index in [2.05, 4.69) is 4.74 Å². The van der Waals surface area contributed by atoms with Crippen LogP contribution in [-0.4, -0.2) is 25.2 Å². The summed E-state index contributed by atoms with van der Waals surface area (Å²) in [4.78, 5) is 22.6. The minimum atomic E-state index is -0.490. The van der Waals surface area contributed by atoms with Crippen LogP contribution in [0.15, 0.2) is 24.3 Å². The zero-order valence-corrected chi connectivity index (χ0v) is 10.2. The summed E-state index contributed by atoms with van der Waals surface area (Å²) in [7, 11) is 1.30. The van der Waals surface area contributed by atoms with Gasteiger partial charge in [0.15, 0.2) is 0 Å². The molecule has 4 nitrogen and oxygen atoms in total. The molecule has 0 aromatic heterocycles. The van der Waals surface area contributed by atoms with Crippen molar-refractivity contribution in [2.75, 3.05) is 7.11 Å². The highest BCUT2D eigenvalue weighted by atomic mass is 16.6. The summed E-state index contributed by atoms with van der Waals surface area (Å²) < 4.78 is 9.60. The van der Waals surface area contributed by atoms with Crippen LogP contribution in [-0.2, 0) is 14.3 Å². The second kappa shape index (κ2) is 6.03. The van der Waals surface area contributed by atoms with Crippen LogP contribution < -0.4 is 0 Å². The minimum absolute atomic E-state index is 0.0636. The normalized spacial score (nSPS) is 11.7. The molecule has 0 radical (unpaired) electrons. The number of benzene rings is 1. The summed E-state index contributed by atoms with van der Waals surface area (Å²) in [6.07, 6.45) is -0.426. The molecule has 0 aliphatic carbocycles. The number of ether oxygens (including phenoxy) is 2. The Morgan fingerprint density at radius 2 is 1.82 bits per heavy atom. The largest absolute Gasteiger partial charge is 0.469 e. The number of esters is 2. The van der Waals surface area contributed by atoms with Crippen LogP contribution in [0.25, 0.3) is 0 Å². The maximum Gasteiger partial charge on any atom is 0.338 e. The van der Waals surface area contributed by atoms with Gasteiger partial charge in [0.25, 0.3) is 0 Å². The van der Waals surface area contributed by atoms with E-state index in [-0.39, 0.29) is 6.42 Å². The first-order valence-electron chi connectivity index (χ1n) is 5.37. The Bertz CT molecular complexity index is 394. The molecule has 1 rings (SSSR count). The molecular weight excluding hydrogens is 220 g/mol. The van der Waals surface area contributed by atoms with Crippen molar-refractivity contribution < 1.29 is 19.1 Å². The van der Waals surface area contributed by atoms with E-state index in [1.165, 1.54) is 7.11 Å². The third-order valence-electron chi connectivity index (χ3n) is 2.28. The Hall–Kier alpha value is -1.84. The lowest BCUT2D eigenvalue weighted by atomic mass is 10.1. The third kappa shape index (κ3) is 4.26. The molecule has 0 aliphatic rings. The van der Waals surface area contributed by atoms with E-state index in [0.717, 1.165) is 5.56 Å². The molecule has 0 amide bonds. The fraction of sp³-hybridized carbons (Fsp3) is 0.385. The van der Waals surface area contributed by atoms with Gasteiger partial charge in [0.05, 0.1) is 19.1 Å². The van der Waals surface area contributed by atoms with Crippen molar-refractivity contribution in [3.05, 3.63) is 35.4 Å². The lowest BCUT2D eigenvalue weighted by Crippen LogP contribution is -2.19. The van der Waals surface area contributed by atoms with Crippen LogP contribution >= 0.6 is 0 Å². The first-order chi connectivity index (χ1) is 8.02. The summed E-state index contributed by atoms with van der Waals surface area (Å²) >= 11 is 0. The van der Waals surface area contributed by atoms with Gasteiger partial charge in [0.2, 0.25) is 0 Å². The monoisotopic (exact) mass is 236 g/mol. The van der Waals surface area contributed by atoms with Crippen molar-refractivity contribution in [3.63, 3.8) is 0 Å². The number of rotatable bonds is 4. The highest BCUT2D eigenvalue weighted by molar-refractivity contribution is 5.89. The minimum Gasteiger partial charge on any atom is -0.469 e. The van der Waals surface area contributed by atoms with Crippen LogP contribution in [0, 0.1) is 6.92 Å². The lowest BCUT2D eigenvalue weighted by Gasteiger charge is -2.11. The number of hydrogen-bond acceptors (Lipinski definition) is 4. The summed E-state index contributed by atoms with van der Waals surface area (Å²) in [6, 6.07) is 7.06. The quantitative estimate of drug-likeness (QED) is 0.751. The van der Waals surface area contributed by atoms with Crippen molar-refractivity contribution in [1.29, 1.82) is 0 Å². The Balaban J connectivity index is 2.54. The average Bonchev–Trinajstić information content (AvgIpc) is 2.29. The van der Waals surface area contributed by atoms with Gasteiger partial charge in [-0.15, -0.1) is 0 Å². The predicted octanol–water partition coefficient (Wildman–Crippen LogP) is 2.10. The molecule has 0 aliphatic heterocycles. The summed E-state index contributed by atoms with van der Waals surface area (Å²) in [5.41, 5.74) is 1.55. The zero-order valence-electron chi connectivity index (χ0n) is 10.2. The second-order valence-corrected chi connectivity index (χ2v) is 3.86. The van der Waals surface area contributed by atoms with E-state index < -0.39 is 18.0 Å². The molecular formula is C13H16O4. The van der Waals surface area contributed by atoms with Gasteiger partial charge in [-0.3, -0.25) is 4.79 Å². The van der Waals surface area contributed by atoms with Crippen molar-refractivity contribution >= 4 is 11.9 Å². The summed E-state index contributed by atoms with van der Waals surface area (Å²) in [5.74, 6) is -0.824. The van der Waals surface area contributed by atoms with Gasteiger partial charge in [-0.25, -0.2) is 4.79 Å². The Labute approximate surface area is 101 Å². The standard InChI is InChI=1S/C13H16O4/c1-9-4-6-11(7-5-9)13(15)17-10(2)8-12(14)16-3/h4-7,10H,8H2,1-3H3/t10-/m1/s1. The van der Waals surface area contributed by atoms with Crippen LogP contribution in [0.4, 0.5) is 0 Å². The molecule has 1 atom stereocenters. The second-order valence-electron chi connectivity index (χ2n) is 3.86. The van der Waals surface area contributed by atoms with E-state index in [1.54, 1.807) is 19.1 Å². The maximum absolute atomic E-state index is 11.7. The van der Waals surface area contributed by atoms with Crippen LogP contribution in [0.2, 0.25) is 0 Å². The van der Waals surface area contributed by atoms with Gasteiger partial charge >= 0.3 is 11.9 Å². The number of aryl methyl sites for hydroxylation is 1. The molecule has 0 N–H and O–H groups in total. The summed E-state index contributed by atoms with van der Waals surface area (Å²) in [5, 5.41) is 0. The lowest BCUT2D eigenvalue weighted by molar-refractivity contribution is -0.142. The predicted molar refractivity (Wildman–Crippen MR) is 62.7 cm³/mol. The fourth-order valence-electron chi connectivity index (χ4n) is 1.30. The molecule has 0 saturated carbocycles. The van der Waals surface area contributed by atoms with Crippen molar-refractivity contribution in [2.24, 2.45) is 0 Å². The molecule has 0 spiro atoms. The first kappa shape index (κ1) is 13.2. The van der Waals surface area contributed by atoms with E-state index in [1.807, 2.05) is 19.1 Å². The van der Waals surface area contributed by atoms with Crippen molar-refractivity contribution in [1.82, 2.24) is 0 Å². The van der Waals surface area contributed by atoms with Crippen LogP contribution in [0.1, 0.15) is 29.3 Å². The van der Waals surface area contributed by atoms with E-state index in [0.29, 0.717) is 5.56 Å². The molecule has 0 saturated heterocycles. The van der Waals surface area contributed by atoms with Crippen molar-refractivity contribution in [2.45, 2.75) is 26.4 Å².